The zero-order valence-electron chi connectivity index (χ0n) is 18.0. The molecule has 166 valence electrons. The van der Waals surface area contributed by atoms with Crippen molar-refractivity contribution in [3.8, 4) is 5.69 Å². The maximum absolute atomic E-state index is 9.51. The standard InChI is InChI=1S/C23H35N5O.HI/c1-2-24-22(26-19-23(14-18-29)12-4-3-5-13-23)25-16-11-20-7-9-21(10-8-20)28-17-6-15-27-28;/h6-10,15,17,29H,2-5,11-14,16,18-19H2,1H3,(H2,24,25,26);1H. The van der Waals surface area contributed by atoms with Gasteiger partial charge in [-0.2, -0.15) is 5.10 Å². The van der Waals surface area contributed by atoms with Crippen LogP contribution in [0.25, 0.3) is 5.69 Å². The molecule has 0 bridgehead atoms. The van der Waals surface area contributed by atoms with E-state index in [0.29, 0.717) is 0 Å². The van der Waals surface area contributed by atoms with Gasteiger partial charge in [-0.3, -0.25) is 4.99 Å². The van der Waals surface area contributed by atoms with Gasteiger partial charge in [0.05, 0.1) is 5.69 Å². The summed E-state index contributed by atoms with van der Waals surface area (Å²) in [6.07, 6.45) is 11.7. The summed E-state index contributed by atoms with van der Waals surface area (Å²) in [7, 11) is 0. The molecule has 30 heavy (non-hydrogen) atoms. The van der Waals surface area contributed by atoms with E-state index in [2.05, 4.69) is 46.9 Å². The van der Waals surface area contributed by atoms with E-state index in [-0.39, 0.29) is 36.0 Å². The third-order valence-electron chi connectivity index (χ3n) is 5.88. The van der Waals surface area contributed by atoms with Crippen molar-refractivity contribution >= 4 is 29.9 Å². The fourth-order valence-electron chi connectivity index (χ4n) is 4.18. The second-order valence-corrected chi connectivity index (χ2v) is 8.02. The first-order chi connectivity index (χ1) is 14.2. The largest absolute Gasteiger partial charge is 0.396 e. The molecule has 3 N–H and O–H groups in total. The van der Waals surface area contributed by atoms with Gasteiger partial charge in [0.2, 0.25) is 0 Å². The Morgan fingerprint density at radius 3 is 2.57 bits per heavy atom. The van der Waals surface area contributed by atoms with Crippen molar-refractivity contribution in [1.82, 2.24) is 20.4 Å². The summed E-state index contributed by atoms with van der Waals surface area (Å²) < 4.78 is 1.87. The average molecular weight is 525 g/mol. The number of aliphatic hydroxyl groups is 1. The van der Waals surface area contributed by atoms with E-state index in [1.54, 1.807) is 6.20 Å². The van der Waals surface area contributed by atoms with Crippen molar-refractivity contribution in [2.75, 3.05) is 26.2 Å². The minimum absolute atomic E-state index is 0. The van der Waals surface area contributed by atoms with Crippen molar-refractivity contribution in [3.63, 3.8) is 0 Å². The van der Waals surface area contributed by atoms with Crippen LogP contribution in [-0.2, 0) is 6.42 Å². The lowest BCUT2D eigenvalue weighted by Gasteiger charge is -2.35. The summed E-state index contributed by atoms with van der Waals surface area (Å²) in [6.45, 7) is 4.82. The van der Waals surface area contributed by atoms with Gasteiger partial charge in [-0.15, -0.1) is 24.0 Å². The minimum atomic E-state index is 0. The van der Waals surface area contributed by atoms with Crippen LogP contribution in [0.15, 0.2) is 47.7 Å². The van der Waals surface area contributed by atoms with E-state index >= 15 is 0 Å². The lowest BCUT2D eigenvalue weighted by molar-refractivity contribution is 0.137. The number of aliphatic hydroxyl groups excluding tert-OH is 1. The number of hydrogen-bond donors (Lipinski definition) is 3. The molecule has 0 saturated heterocycles. The van der Waals surface area contributed by atoms with Gasteiger partial charge in [0.25, 0.3) is 0 Å². The van der Waals surface area contributed by atoms with E-state index in [1.165, 1.54) is 37.7 Å². The molecule has 0 amide bonds. The summed E-state index contributed by atoms with van der Waals surface area (Å²) in [6, 6.07) is 10.4. The average Bonchev–Trinajstić information content (AvgIpc) is 3.28. The molecule has 6 nitrogen and oxygen atoms in total. The Kier molecular flexibility index (Phi) is 10.6. The van der Waals surface area contributed by atoms with Crippen LogP contribution in [0.2, 0.25) is 0 Å². The van der Waals surface area contributed by atoms with Crippen molar-refractivity contribution < 1.29 is 5.11 Å². The first-order valence-electron chi connectivity index (χ1n) is 11.0. The van der Waals surface area contributed by atoms with Crippen molar-refractivity contribution in [2.24, 2.45) is 10.4 Å². The molecule has 1 fully saturated rings. The minimum Gasteiger partial charge on any atom is -0.396 e. The molecule has 0 aliphatic heterocycles. The molecule has 0 spiro atoms. The van der Waals surface area contributed by atoms with Gasteiger partial charge in [-0.05, 0) is 61.8 Å². The molecular formula is C23H36IN5O. The Balaban J connectivity index is 0.00000320. The topological polar surface area (TPSA) is 74.5 Å². The van der Waals surface area contributed by atoms with Gasteiger partial charge in [0.1, 0.15) is 0 Å². The van der Waals surface area contributed by atoms with Gasteiger partial charge >= 0.3 is 0 Å². The molecule has 1 aliphatic carbocycles. The molecule has 1 aliphatic rings. The highest BCUT2D eigenvalue weighted by Crippen LogP contribution is 2.39. The fraction of sp³-hybridized carbons (Fsp3) is 0.565. The number of halogens is 1. The lowest BCUT2D eigenvalue weighted by atomic mass is 9.72. The molecule has 2 aromatic rings. The first-order valence-corrected chi connectivity index (χ1v) is 11.0. The first kappa shape index (κ1) is 24.7. The lowest BCUT2D eigenvalue weighted by Crippen LogP contribution is -2.40. The summed E-state index contributed by atoms with van der Waals surface area (Å²) in [4.78, 5) is 4.88. The van der Waals surface area contributed by atoms with Gasteiger partial charge in [0, 0.05) is 38.6 Å². The highest BCUT2D eigenvalue weighted by Gasteiger charge is 2.31. The van der Waals surface area contributed by atoms with Crippen LogP contribution in [0.5, 0.6) is 0 Å². The zero-order valence-corrected chi connectivity index (χ0v) is 20.3. The molecule has 1 aromatic carbocycles. The Bertz CT molecular complexity index is 734. The van der Waals surface area contributed by atoms with Crippen molar-refractivity contribution in [2.45, 2.75) is 51.9 Å². The van der Waals surface area contributed by atoms with Crippen LogP contribution >= 0.6 is 24.0 Å². The van der Waals surface area contributed by atoms with Crippen LogP contribution in [0, 0.1) is 5.41 Å². The van der Waals surface area contributed by atoms with E-state index in [0.717, 1.165) is 44.1 Å². The Morgan fingerprint density at radius 2 is 1.93 bits per heavy atom. The molecule has 3 rings (SSSR count). The Hall–Kier alpha value is -1.61. The van der Waals surface area contributed by atoms with Crippen LogP contribution in [0.4, 0.5) is 0 Å². The summed E-state index contributed by atoms with van der Waals surface area (Å²) >= 11 is 0. The number of nitrogens with one attached hydrogen (secondary N) is 2. The monoisotopic (exact) mass is 525 g/mol. The normalized spacial score (nSPS) is 16.0. The van der Waals surface area contributed by atoms with E-state index in [1.807, 2.05) is 16.9 Å². The zero-order chi connectivity index (χ0) is 20.4. The molecule has 1 aromatic heterocycles. The number of benzene rings is 1. The van der Waals surface area contributed by atoms with Gasteiger partial charge < -0.3 is 15.7 Å². The highest BCUT2D eigenvalue weighted by molar-refractivity contribution is 14.0. The van der Waals surface area contributed by atoms with Crippen molar-refractivity contribution in [3.05, 3.63) is 48.3 Å². The molecule has 7 heteroatoms. The fourth-order valence-corrected chi connectivity index (χ4v) is 4.18. The number of rotatable bonds is 9. The van der Waals surface area contributed by atoms with Crippen LogP contribution in [0.3, 0.4) is 0 Å². The maximum atomic E-state index is 9.51. The highest BCUT2D eigenvalue weighted by atomic mass is 127. The maximum Gasteiger partial charge on any atom is 0.191 e. The number of aliphatic imine (C=N–C) groups is 1. The number of aromatic nitrogens is 2. The summed E-state index contributed by atoms with van der Waals surface area (Å²) in [5.74, 6) is 0.878. The van der Waals surface area contributed by atoms with E-state index < -0.39 is 0 Å². The molecule has 0 unspecified atom stereocenters. The number of guanidine groups is 1. The van der Waals surface area contributed by atoms with Gasteiger partial charge in [-0.25, -0.2) is 4.68 Å². The molecule has 1 heterocycles. The van der Waals surface area contributed by atoms with E-state index in [9.17, 15) is 5.11 Å². The van der Waals surface area contributed by atoms with Crippen molar-refractivity contribution in [1.29, 1.82) is 0 Å². The Labute approximate surface area is 197 Å². The molecular weight excluding hydrogens is 489 g/mol. The Morgan fingerprint density at radius 1 is 1.17 bits per heavy atom. The SMILES string of the molecule is CCNC(=NCC1(CCO)CCCCC1)NCCc1ccc(-n2cccn2)cc1.I. The smallest absolute Gasteiger partial charge is 0.191 e. The predicted molar refractivity (Wildman–Crippen MR) is 134 cm³/mol. The van der Waals surface area contributed by atoms with Gasteiger partial charge in [-0.1, -0.05) is 31.4 Å². The third-order valence-corrected chi connectivity index (χ3v) is 5.88. The van der Waals surface area contributed by atoms with Crippen LogP contribution in [0.1, 0.15) is 51.0 Å². The summed E-state index contributed by atoms with van der Waals surface area (Å²) in [5.41, 5.74) is 2.54. The predicted octanol–water partition coefficient (Wildman–Crippen LogP) is 3.92. The summed E-state index contributed by atoms with van der Waals surface area (Å²) in [5, 5.41) is 20.6. The number of nitrogens with zero attached hydrogens (tertiary/aromatic N) is 3. The number of hydrogen-bond acceptors (Lipinski definition) is 3. The second kappa shape index (κ2) is 12.9. The quantitative estimate of drug-likeness (QED) is 0.264. The molecule has 0 radical (unpaired) electrons. The third kappa shape index (κ3) is 7.27. The van der Waals surface area contributed by atoms with Crippen LogP contribution < -0.4 is 10.6 Å². The molecule has 0 atom stereocenters. The second-order valence-electron chi connectivity index (χ2n) is 8.02. The van der Waals surface area contributed by atoms with Gasteiger partial charge in [0.15, 0.2) is 5.96 Å². The van der Waals surface area contributed by atoms with Crippen LogP contribution in [-0.4, -0.2) is 47.1 Å². The molecule has 1 saturated carbocycles. The van der Waals surface area contributed by atoms with E-state index in [4.69, 9.17) is 4.99 Å².